The standard InChI is InChI=1S/C9H6BrClF2N4/c1-4(11)9-14-15-16-17(9)8-6(12)2-5(10)3-7(8)13/h2-4H,1H3. The molecule has 1 aromatic heterocycles. The summed E-state index contributed by atoms with van der Waals surface area (Å²) in [5, 5.41) is 9.95. The SMILES string of the molecule is CC(Cl)c1nnnn1-c1c(F)cc(Br)cc1F. The lowest BCUT2D eigenvalue weighted by Gasteiger charge is -2.08. The van der Waals surface area contributed by atoms with E-state index in [2.05, 4.69) is 31.5 Å². The van der Waals surface area contributed by atoms with Gasteiger partial charge < -0.3 is 0 Å². The van der Waals surface area contributed by atoms with Crippen LogP contribution < -0.4 is 0 Å². The minimum atomic E-state index is -0.775. The quantitative estimate of drug-likeness (QED) is 0.798. The highest BCUT2D eigenvalue weighted by Crippen LogP contribution is 2.25. The van der Waals surface area contributed by atoms with Gasteiger partial charge in [0.1, 0.15) is 5.69 Å². The molecule has 1 unspecified atom stereocenters. The summed E-state index contributed by atoms with van der Waals surface area (Å²) < 4.78 is 28.6. The zero-order valence-electron chi connectivity index (χ0n) is 8.53. The van der Waals surface area contributed by atoms with Gasteiger partial charge in [0.05, 0.1) is 5.38 Å². The first kappa shape index (κ1) is 12.4. The van der Waals surface area contributed by atoms with Gasteiger partial charge in [0, 0.05) is 4.47 Å². The first-order valence-electron chi connectivity index (χ1n) is 4.58. The molecule has 0 fully saturated rings. The van der Waals surface area contributed by atoms with Crippen LogP contribution in [-0.2, 0) is 0 Å². The van der Waals surface area contributed by atoms with E-state index < -0.39 is 17.0 Å². The van der Waals surface area contributed by atoms with Crippen LogP contribution in [0.2, 0.25) is 0 Å². The Bertz CT molecular complexity index is 535. The lowest BCUT2D eigenvalue weighted by molar-refractivity contribution is 0.550. The number of alkyl halides is 1. The summed E-state index contributed by atoms with van der Waals surface area (Å²) in [6, 6.07) is 2.26. The predicted molar refractivity (Wildman–Crippen MR) is 61.0 cm³/mol. The van der Waals surface area contributed by atoms with Gasteiger partial charge in [0.25, 0.3) is 0 Å². The van der Waals surface area contributed by atoms with Crippen molar-refractivity contribution in [3.8, 4) is 5.69 Å². The van der Waals surface area contributed by atoms with Crippen LogP contribution in [0.15, 0.2) is 16.6 Å². The van der Waals surface area contributed by atoms with E-state index in [0.717, 1.165) is 16.8 Å². The first-order chi connectivity index (χ1) is 8.00. The molecular weight excluding hydrogens is 317 g/mol. The summed E-state index contributed by atoms with van der Waals surface area (Å²) in [5.74, 6) is -1.38. The van der Waals surface area contributed by atoms with Gasteiger partial charge in [-0.25, -0.2) is 8.78 Å². The number of rotatable bonds is 2. The summed E-state index contributed by atoms with van der Waals surface area (Å²) >= 11 is 8.81. The van der Waals surface area contributed by atoms with E-state index in [4.69, 9.17) is 11.6 Å². The third-order valence-corrected chi connectivity index (χ3v) is 2.70. The molecule has 0 spiro atoms. The Hall–Kier alpha value is -1.08. The van der Waals surface area contributed by atoms with Crippen LogP contribution in [0.1, 0.15) is 18.1 Å². The van der Waals surface area contributed by atoms with Crippen molar-refractivity contribution in [3.63, 3.8) is 0 Å². The van der Waals surface area contributed by atoms with Crippen LogP contribution in [0.5, 0.6) is 0 Å². The van der Waals surface area contributed by atoms with Gasteiger partial charge in [-0.3, -0.25) is 0 Å². The highest BCUT2D eigenvalue weighted by Gasteiger charge is 2.20. The van der Waals surface area contributed by atoms with Crippen molar-refractivity contribution < 1.29 is 8.78 Å². The van der Waals surface area contributed by atoms with Crippen molar-refractivity contribution in [1.29, 1.82) is 0 Å². The van der Waals surface area contributed by atoms with Crippen LogP contribution in [0.25, 0.3) is 5.69 Å². The van der Waals surface area contributed by atoms with E-state index in [-0.39, 0.29) is 11.5 Å². The molecule has 4 nitrogen and oxygen atoms in total. The van der Waals surface area contributed by atoms with E-state index in [9.17, 15) is 8.78 Å². The maximum Gasteiger partial charge on any atom is 0.174 e. The molecule has 2 aromatic rings. The maximum atomic E-state index is 13.7. The third kappa shape index (κ3) is 2.30. The molecule has 0 saturated heterocycles. The molecule has 0 saturated carbocycles. The lowest BCUT2D eigenvalue weighted by atomic mass is 10.3. The summed E-state index contributed by atoms with van der Waals surface area (Å²) in [6.07, 6.45) is 0. The predicted octanol–water partition coefficient (Wildman–Crippen LogP) is 3.00. The molecule has 90 valence electrons. The number of nitrogens with zero attached hydrogens (tertiary/aromatic N) is 4. The van der Waals surface area contributed by atoms with Gasteiger partial charge in [-0.1, -0.05) is 15.9 Å². The Kier molecular flexibility index (Phi) is 3.39. The van der Waals surface area contributed by atoms with Gasteiger partial charge >= 0.3 is 0 Å². The Balaban J connectivity index is 2.64. The van der Waals surface area contributed by atoms with Crippen molar-refractivity contribution in [3.05, 3.63) is 34.1 Å². The fourth-order valence-electron chi connectivity index (χ4n) is 1.34. The number of tetrazole rings is 1. The molecule has 0 aliphatic carbocycles. The maximum absolute atomic E-state index is 13.7. The number of halogens is 4. The zero-order valence-corrected chi connectivity index (χ0v) is 10.9. The van der Waals surface area contributed by atoms with Crippen LogP contribution in [-0.4, -0.2) is 20.2 Å². The normalized spacial score (nSPS) is 12.8. The largest absolute Gasteiger partial charge is 0.204 e. The molecule has 1 heterocycles. The van der Waals surface area contributed by atoms with Crippen LogP contribution >= 0.6 is 27.5 Å². The number of hydrogen-bond donors (Lipinski definition) is 0. The number of benzene rings is 1. The molecule has 1 aromatic carbocycles. The molecule has 0 radical (unpaired) electrons. The number of aromatic nitrogens is 4. The summed E-state index contributed by atoms with van der Waals surface area (Å²) in [4.78, 5) is 0. The highest BCUT2D eigenvalue weighted by atomic mass is 79.9. The number of hydrogen-bond acceptors (Lipinski definition) is 3. The van der Waals surface area contributed by atoms with Gasteiger partial charge in [0.2, 0.25) is 0 Å². The monoisotopic (exact) mass is 322 g/mol. The van der Waals surface area contributed by atoms with E-state index in [1.165, 1.54) is 0 Å². The smallest absolute Gasteiger partial charge is 0.174 e. The molecule has 17 heavy (non-hydrogen) atoms. The Morgan fingerprint density at radius 3 is 2.47 bits per heavy atom. The van der Waals surface area contributed by atoms with Crippen LogP contribution in [0.3, 0.4) is 0 Å². The third-order valence-electron chi connectivity index (χ3n) is 2.04. The Labute approximate surface area is 109 Å². The molecule has 0 bridgehead atoms. The molecule has 0 aliphatic heterocycles. The van der Waals surface area contributed by atoms with Crippen LogP contribution in [0, 0.1) is 11.6 Å². The minimum Gasteiger partial charge on any atom is -0.204 e. The van der Waals surface area contributed by atoms with Crippen molar-refractivity contribution >= 4 is 27.5 Å². The van der Waals surface area contributed by atoms with Gasteiger partial charge in [-0.05, 0) is 29.5 Å². The second-order valence-electron chi connectivity index (χ2n) is 3.28. The lowest BCUT2D eigenvalue weighted by Crippen LogP contribution is -2.08. The minimum absolute atomic E-state index is 0.173. The average Bonchev–Trinajstić information content (AvgIpc) is 2.64. The molecule has 0 amide bonds. The highest BCUT2D eigenvalue weighted by molar-refractivity contribution is 9.10. The second kappa shape index (κ2) is 4.66. The molecule has 0 N–H and O–H groups in total. The Morgan fingerprint density at radius 2 is 1.94 bits per heavy atom. The van der Waals surface area contributed by atoms with E-state index in [1.54, 1.807) is 6.92 Å². The van der Waals surface area contributed by atoms with Gasteiger partial charge in [-0.15, -0.1) is 16.7 Å². The fraction of sp³-hybridized carbons (Fsp3) is 0.222. The average molecular weight is 324 g/mol. The van der Waals surface area contributed by atoms with Gasteiger partial charge in [0.15, 0.2) is 17.5 Å². The molecule has 0 aliphatic rings. The van der Waals surface area contributed by atoms with E-state index >= 15 is 0 Å². The van der Waals surface area contributed by atoms with Crippen molar-refractivity contribution in [1.82, 2.24) is 20.2 Å². The topological polar surface area (TPSA) is 43.6 Å². The van der Waals surface area contributed by atoms with E-state index in [0.29, 0.717) is 4.47 Å². The second-order valence-corrected chi connectivity index (χ2v) is 4.85. The van der Waals surface area contributed by atoms with Crippen molar-refractivity contribution in [2.45, 2.75) is 12.3 Å². The summed E-state index contributed by atoms with van der Waals surface area (Å²) in [6.45, 7) is 1.61. The molecule has 8 heteroatoms. The van der Waals surface area contributed by atoms with Crippen LogP contribution in [0.4, 0.5) is 8.78 Å². The summed E-state index contributed by atoms with van der Waals surface area (Å²) in [7, 11) is 0. The zero-order chi connectivity index (χ0) is 12.6. The first-order valence-corrected chi connectivity index (χ1v) is 5.81. The van der Waals surface area contributed by atoms with E-state index in [1.807, 2.05) is 0 Å². The molecule has 1 atom stereocenters. The Morgan fingerprint density at radius 1 is 1.35 bits per heavy atom. The van der Waals surface area contributed by atoms with Crippen molar-refractivity contribution in [2.24, 2.45) is 0 Å². The summed E-state index contributed by atoms with van der Waals surface area (Å²) in [5.41, 5.74) is -0.347. The van der Waals surface area contributed by atoms with Crippen molar-refractivity contribution in [2.75, 3.05) is 0 Å². The fourth-order valence-corrected chi connectivity index (χ4v) is 1.88. The molecular formula is C9H6BrClF2N4. The molecule has 2 rings (SSSR count). The van der Waals surface area contributed by atoms with Gasteiger partial charge in [-0.2, -0.15) is 4.68 Å².